The van der Waals surface area contributed by atoms with Gasteiger partial charge < -0.3 is 24.6 Å². The van der Waals surface area contributed by atoms with Crippen molar-refractivity contribution in [3.63, 3.8) is 0 Å². The van der Waals surface area contributed by atoms with Crippen LogP contribution in [0.15, 0.2) is 47.0 Å². The van der Waals surface area contributed by atoms with Crippen molar-refractivity contribution in [1.29, 1.82) is 0 Å². The SMILES string of the molecule is COc1cc(C(=O)NCc2cccc(NC(=O)C3CC3)c2)ccc1OCc1c(C)noc1C. The maximum atomic E-state index is 12.7. The number of aryl methyl sites for hydroxylation is 2. The number of nitrogens with one attached hydrogen (secondary N) is 2. The highest BCUT2D eigenvalue weighted by molar-refractivity contribution is 5.95. The summed E-state index contributed by atoms with van der Waals surface area (Å²) in [5.74, 6) is 1.64. The maximum absolute atomic E-state index is 12.7. The smallest absolute Gasteiger partial charge is 0.251 e. The molecule has 0 saturated heterocycles. The Morgan fingerprint density at radius 2 is 1.94 bits per heavy atom. The second-order valence-electron chi connectivity index (χ2n) is 8.10. The lowest BCUT2D eigenvalue weighted by Gasteiger charge is -2.13. The van der Waals surface area contributed by atoms with Crippen LogP contribution >= 0.6 is 0 Å². The highest BCUT2D eigenvalue weighted by atomic mass is 16.5. The largest absolute Gasteiger partial charge is 0.493 e. The molecule has 0 spiro atoms. The van der Waals surface area contributed by atoms with E-state index in [9.17, 15) is 9.59 Å². The molecule has 0 atom stereocenters. The molecule has 2 amide bonds. The van der Waals surface area contributed by atoms with Gasteiger partial charge in [-0.15, -0.1) is 0 Å². The van der Waals surface area contributed by atoms with Gasteiger partial charge in [-0.05, 0) is 62.6 Å². The van der Waals surface area contributed by atoms with Gasteiger partial charge in [0.15, 0.2) is 11.5 Å². The van der Waals surface area contributed by atoms with Crippen LogP contribution in [-0.2, 0) is 17.9 Å². The summed E-state index contributed by atoms with van der Waals surface area (Å²) >= 11 is 0. The molecule has 2 aromatic carbocycles. The number of benzene rings is 2. The van der Waals surface area contributed by atoms with Gasteiger partial charge in [0.2, 0.25) is 5.91 Å². The Morgan fingerprint density at radius 3 is 2.64 bits per heavy atom. The van der Waals surface area contributed by atoms with Gasteiger partial charge >= 0.3 is 0 Å². The predicted octanol–water partition coefficient (Wildman–Crippen LogP) is 4.16. The molecule has 3 aromatic rings. The number of hydrogen-bond acceptors (Lipinski definition) is 6. The standard InChI is InChI=1S/C25H27N3O5/c1-15-21(16(2)33-28-15)14-32-22-10-9-19(12-23(22)31-3)24(29)26-13-17-5-4-6-20(11-17)27-25(30)18-7-8-18/h4-6,9-12,18H,7-8,13-14H2,1-3H3,(H,26,29)(H,27,30). The number of rotatable bonds is 9. The highest BCUT2D eigenvalue weighted by Gasteiger charge is 2.29. The van der Waals surface area contributed by atoms with Crippen LogP contribution in [0, 0.1) is 19.8 Å². The second kappa shape index (κ2) is 9.77. The number of hydrogen-bond donors (Lipinski definition) is 2. The zero-order valence-electron chi connectivity index (χ0n) is 18.9. The van der Waals surface area contributed by atoms with E-state index < -0.39 is 0 Å². The number of methoxy groups -OCH3 is 1. The van der Waals surface area contributed by atoms with Crippen molar-refractivity contribution in [2.75, 3.05) is 12.4 Å². The summed E-state index contributed by atoms with van der Waals surface area (Å²) in [4.78, 5) is 24.7. The second-order valence-corrected chi connectivity index (χ2v) is 8.10. The Morgan fingerprint density at radius 1 is 1.12 bits per heavy atom. The zero-order chi connectivity index (χ0) is 23.4. The van der Waals surface area contributed by atoms with Crippen molar-refractivity contribution in [3.05, 3.63) is 70.6 Å². The summed E-state index contributed by atoms with van der Waals surface area (Å²) in [6, 6.07) is 12.5. The van der Waals surface area contributed by atoms with Crippen LogP contribution in [0.1, 0.15) is 45.8 Å². The van der Waals surface area contributed by atoms with E-state index in [2.05, 4.69) is 15.8 Å². The number of carbonyl (C=O) groups excluding carboxylic acids is 2. The van der Waals surface area contributed by atoms with Gasteiger partial charge in [-0.25, -0.2) is 0 Å². The van der Waals surface area contributed by atoms with Crippen molar-refractivity contribution < 1.29 is 23.6 Å². The van der Waals surface area contributed by atoms with Crippen molar-refractivity contribution >= 4 is 17.5 Å². The fourth-order valence-corrected chi connectivity index (χ4v) is 3.42. The van der Waals surface area contributed by atoms with E-state index >= 15 is 0 Å². The number of anilines is 1. The fraction of sp³-hybridized carbons (Fsp3) is 0.320. The minimum Gasteiger partial charge on any atom is -0.493 e. The minimum absolute atomic E-state index is 0.0555. The van der Waals surface area contributed by atoms with E-state index in [-0.39, 0.29) is 24.3 Å². The Balaban J connectivity index is 1.36. The Hall–Kier alpha value is -3.81. The van der Waals surface area contributed by atoms with Crippen molar-refractivity contribution in [2.24, 2.45) is 5.92 Å². The first-order chi connectivity index (χ1) is 15.9. The zero-order valence-corrected chi connectivity index (χ0v) is 18.9. The fourth-order valence-electron chi connectivity index (χ4n) is 3.42. The van der Waals surface area contributed by atoms with Gasteiger partial charge in [-0.1, -0.05) is 17.3 Å². The lowest BCUT2D eigenvalue weighted by atomic mass is 10.1. The van der Waals surface area contributed by atoms with Crippen LogP contribution in [0.3, 0.4) is 0 Å². The van der Waals surface area contributed by atoms with E-state index in [1.54, 1.807) is 18.2 Å². The first-order valence-electron chi connectivity index (χ1n) is 10.8. The third-order valence-corrected chi connectivity index (χ3v) is 5.57. The molecule has 8 heteroatoms. The van der Waals surface area contributed by atoms with Gasteiger partial charge in [0.05, 0.1) is 18.4 Å². The molecule has 0 aliphatic heterocycles. The summed E-state index contributed by atoms with van der Waals surface area (Å²) in [7, 11) is 1.53. The van der Waals surface area contributed by atoms with Crippen LogP contribution in [0.2, 0.25) is 0 Å². The van der Waals surface area contributed by atoms with Gasteiger partial charge in [0.1, 0.15) is 12.4 Å². The molecule has 1 heterocycles. The Bertz CT molecular complexity index is 1150. The molecule has 0 bridgehead atoms. The molecule has 1 aromatic heterocycles. The van der Waals surface area contributed by atoms with Crippen LogP contribution in [-0.4, -0.2) is 24.1 Å². The molecule has 1 saturated carbocycles. The van der Waals surface area contributed by atoms with E-state index in [0.29, 0.717) is 29.4 Å². The first kappa shape index (κ1) is 22.4. The monoisotopic (exact) mass is 449 g/mol. The number of ether oxygens (including phenoxy) is 2. The molecule has 172 valence electrons. The Labute approximate surface area is 192 Å². The molecule has 1 aliphatic rings. The topological polar surface area (TPSA) is 103 Å². The molecule has 0 radical (unpaired) electrons. The van der Waals surface area contributed by atoms with E-state index in [1.165, 1.54) is 7.11 Å². The van der Waals surface area contributed by atoms with Crippen molar-refractivity contribution in [2.45, 2.75) is 39.8 Å². The molecular formula is C25H27N3O5. The van der Waals surface area contributed by atoms with Crippen LogP contribution in [0.25, 0.3) is 0 Å². The number of aromatic nitrogens is 1. The highest BCUT2D eigenvalue weighted by Crippen LogP contribution is 2.31. The van der Waals surface area contributed by atoms with Crippen molar-refractivity contribution in [1.82, 2.24) is 10.5 Å². The van der Waals surface area contributed by atoms with E-state index in [4.69, 9.17) is 14.0 Å². The lowest BCUT2D eigenvalue weighted by Crippen LogP contribution is -2.23. The quantitative estimate of drug-likeness (QED) is 0.509. The molecule has 1 aliphatic carbocycles. The first-order valence-corrected chi connectivity index (χ1v) is 10.8. The predicted molar refractivity (Wildman–Crippen MR) is 122 cm³/mol. The van der Waals surface area contributed by atoms with Gasteiger partial charge in [-0.2, -0.15) is 0 Å². The van der Waals surface area contributed by atoms with Gasteiger partial charge in [0, 0.05) is 23.7 Å². The van der Waals surface area contributed by atoms with Gasteiger partial charge in [0.25, 0.3) is 5.91 Å². The summed E-state index contributed by atoms with van der Waals surface area (Å²) in [6.45, 7) is 4.31. The Kier molecular flexibility index (Phi) is 6.63. The molecular weight excluding hydrogens is 422 g/mol. The number of amides is 2. The molecule has 2 N–H and O–H groups in total. The average Bonchev–Trinajstić information content (AvgIpc) is 3.62. The third kappa shape index (κ3) is 5.52. The minimum atomic E-state index is -0.238. The van der Waals surface area contributed by atoms with E-state index in [1.807, 2.05) is 38.1 Å². The molecule has 1 fully saturated rings. The molecule has 0 unspecified atom stereocenters. The summed E-state index contributed by atoms with van der Waals surface area (Å²) in [5, 5.41) is 9.75. The third-order valence-electron chi connectivity index (χ3n) is 5.57. The lowest BCUT2D eigenvalue weighted by molar-refractivity contribution is -0.117. The maximum Gasteiger partial charge on any atom is 0.251 e. The molecule has 4 rings (SSSR count). The van der Waals surface area contributed by atoms with Crippen LogP contribution < -0.4 is 20.1 Å². The average molecular weight is 450 g/mol. The van der Waals surface area contributed by atoms with Gasteiger partial charge in [-0.3, -0.25) is 9.59 Å². The summed E-state index contributed by atoms with van der Waals surface area (Å²) in [5.41, 5.74) is 3.74. The number of carbonyl (C=O) groups is 2. The van der Waals surface area contributed by atoms with E-state index in [0.717, 1.165) is 35.3 Å². The normalized spacial score (nSPS) is 12.8. The molecule has 8 nitrogen and oxygen atoms in total. The molecule has 33 heavy (non-hydrogen) atoms. The summed E-state index contributed by atoms with van der Waals surface area (Å²) < 4.78 is 16.5. The summed E-state index contributed by atoms with van der Waals surface area (Å²) in [6.07, 6.45) is 1.91. The van der Waals surface area contributed by atoms with Crippen LogP contribution in [0.5, 0.6) is 11.5 Å². The van der Waals surface area contributed by atoms with Crippen molar-refractivity contribution in [3.8, 4) is 11.5 Å². The number of nitrogens with zero attached hydrogens (tertiary/aromatic N) is 1. The van der Waals surface area contributed by atoms with Crippen LogP contribution in [0.4, 0.5) is 5.69 Å².